The van der Waals surface area contributed by atoms with E-state index >= 15 is 0 Å². The molecule has 0 aromatic heterocycles. The van der Waals surface area contributed by atoms with Crippen molar-refractivity contribution in [2.24, 2.45) is 0 Å². The number of ether oxygens (including phenoxy) is 2. The molecule has 0 saturated carbocycles. The zero-order chi connectivity index (χ0) is 17.9. The summed E-state index contributed by atoms with van der Waals surface area (Å²) < 4.78 is 11.1. The van der Waals surface area contributed by atoms with Crippen molar-refractivity contribution in [1.29, 1.82) is 0 Å². The lowest BCUT2D eigenvalue weighted by molar-refractivity contribution is -0.145. The van der Waals surface area contributed by atoms with Crippen LogP contribution >= 0.6 is 11.6 Å². The molecule has 2 aromatic carbocycles. The molecular weight excluding hydrogens is 328 g/mol. The van der Waals surface area contributed by atoms with Crippen molar-refractivity contribution in [2.45, 2.75) is 33.3 Å². The fraction of sp³-hybridized carbons (Fsp3) is 0.316. The van der Waals surface area contributed by atoms with E-state index in [0.717, 1.165) is 16.7 Å². The van der Waals surface area contributed by atoms with Crippen molar-refractivity contribution in [2.75, 3.05) is 7.11 Å². The SMILES string of the molecule is COc1ccc(Cl)cc1CC(Oc1cc(C)cc(C)c1C)C(=O)O. The summed E-state index contributed by atoms with van der Waals surface area (Å²) in [5.41, 5.74) is 3.72. The Morgan fingerprint density at radius 1 is 1.17 bits per heavy atom. The van der Waals surface area contributed by atoms with E-state index in [1.54, 1.807) is 18.2 Å². The Hall–Kier alpha value is -2.20. The van der Waals surface area contributed by atoms with Crippen molar-refractivity contribution >= 4 is 17.6 Å². The van der Waals surface area contributed by atoms with Gasteiger partial charge in [-0.3, -0.25) is 0 Å². The molecule has 0 aliphatic heterocycles. The maximum Gasteiger partial charge on any atom is 0.345 e. The van der Waals surface area contributed by atoms with Crippen LogP contribution in [0.5, 0.6) is 11.5 Å². The highest BCUT2D eigenvalue weighted by Gasteiger charge is 2.23. The lowest BCUT2D eigenvalue weighted by Gasteiger charge is -2.19. The molecule has 1 unspecified atom stereocenters. The molecular formula is C19H21ClO4. The van der Waals surface area contributed by atoms with Gasteiger partial charge in [0.1, 0.15) is 11.5 Å². The minimum Gasteiger partial charge on any atom is -0.496 e. The Morgan fingerprint density at radius 3 is 2.50 bits per heavy atom. The van der Waals surface area contributed by atoms with Gasteiger partial charge in [0, 0.05) is 11.4 Å². The Labute approximate surface area is 147 Å². The molecule has 5 heteroatoms. The summed E-state index contributed by atoms with van der Waals surface area (Å²) in [4.78, 5) is 11.7. The summed E-state index contributed by atoms with van der Waals surface area (Å²) in [5, 5.41) is 10.1. The normalized spacial score (nSPS) is 11.9. The molecule has 128 valence electrons. The molecule has 2 aromatic rings. The Balaban J connectivity index is 2.32. The van der Waals surface area contributed by atoms with E-state index in [2.05, 4.69) is 0 Å². The third-order valence-corrected chi connectivity index (χ3v) is 4.19. The lowest BCUT2D eigenvalue weighted by atomic mass is 10.0. The molecule has 2 rings (SSSR count). The lowest BCUT2D eigenvalue weighted by Crippen LogP contribution is -2.30. The Kier molecular flexibility index (Phi) is 5.73. The predicted molar refractivity (Wildman–Crippen MR) is 94.4 cm³/mol. The van der Waals surface area contributed by atoms with Gasteiger partial charge in [-0.2, -0.15) is 0 Å². The largest absolute Gasteiger partial charge is 0.496 e. The van der Waals surface area contributed by atoms with Crippen molar-refractivity contribution < 1.29 is 19.4 Å². The zero-order valence-corrected chi connectivity index (χ0v) is 15.0. The van der Waals surface area contributed by atoms with Crippen molar-refractivity contribution in [3.63, 3.8) is 0 Å². The Morgan fingerprint density at radius 2 is 1.88 bits per heavy atom. The number of hydrogen-bond acceptors (Lipinski definition) is 3. The van der Waals surface area contributed by atoms with Crippen LogP contribution in [-0.2, 0) is 11.2 Å². The molecule has 0 amide bonds. The van der Waals surface area contributed by atoms with Gasteiger partial charge in [0.05, 0.1) is 7.11 Å². The molecule has 0 radical (unpaired) electrons. The minimum absolute atomic E-state index is 0.158. The van der Waals surface area contributed by atoms with Crippen LogP contribution in [0.15, 0.2) is 30.3 Å². The van der Waals surface area contributed by atoms with Gasteiger partial charge in [0.2, 0.25) is 0 Å². The minimum atomic E-state index is -1.03. The molecule has 1 atom stereocenters. The molecule has 0 aliphatic carbocycles. The van der Waals surface area contributed by atoms with Gasteiger partial charge in [-0.15, -0.1) is 0 Å². The van der Waals surface area contributed by atoms with E-state index < -0.39 is 12.1 Å². The van der Waals surface area contributed by atoms with E-state index in [1.807, 2.05) is 32.9 Å². The van der Waals surface area contributed by atoms with Crippen LogP contribution in [0.25, 0.3) is 0 Å². The number of carbonyl (C=O) groups is 1. The number of carboxylic acids is 1. The molecule has 0 heterocycles. The highest BCUT2D eigenvalue weighted by Crippen LogP contribution is 2.28. The summed E-state index contributed by atoms with van der Waals surface area (Å²) in [7, 11) is 1.54. The number of benzene rings is 2. The van der Waals surface area contributed by atoms with Crippen LogP contribution in [-0.4, -0.2) is 24.3 Å². The van der Waals surface area contributed by atoms with E-state index in [-0.39, 0.29) is 6.42 Å². The van der Waals surface area contributed by atoms with Crippen molar-refractivity contribution in [3.05, 3.63) is 57.6 Å². The summed E-state index contributed by atoms with van der Waals surface area (Å²) in [6.45, 7) is 5.85. The second-order valence-corrected chi connectivity index (χ2v) is 6.25. The topological polar surface area (TPSA) is 55.8 Å². The molecule has 4 nitrogen and oxygen atoms in total. The second-order valence-electron chi connectivity index (χ2n) is 5.81. The average molecular weight is 349 g/mol. The highest BCUT2D eigenvalue weighted by atomic mass is 35.5. The summed E-state index contributed by atoms with van der Waals surface area (Å²) in [6.07, 6.45) is -0.872. The zero-order valence-electron chi connectivity index (χ0n) is 14.2. The number of halogens is 1. The first-order chi connectivity index (χ1) is 11.3. The summed E-state index contributed by atoms with van der Waals surface area (Å²) in [5.74, 6) is 0.142. The molecule has 0 bridgehead atoms. The number of methoxy groups -OCH3 is 1. The first-order valence-electron chi connectivity index (χ1n) is 7.61. The van der Waals surface area contributed by atoms with Gasteiger partial charge >= 0.3 is 5.97 Å². The van der Waals surface area contributed by atoms with Gasteiger partial charge in [0.15, 0.2) is 6.10 Å². The van der Waals surface area contributed by atoms with E-state index in [4.69, 9.17) is 21.1 Å². The first-order valence-corrected chi connectivity index (χ1v) is 7.99. The summed E-state index contributed by atoms with van der Waals surface area (Å²) in [6, 6.07) is 9.02. The highest BCUT2D eigenvalue weighted by molar-refractivity contribution is 6.30. The number of hydrogen-bond donors (Lipinski definition) is 1. The van der Waals surface area contributed by atoms with Gasteiger partial charge in [0.25, 0.3) is 0 Å². The van der Waals surface area contributed by atoms with Crippen LogP contribution in [0, 0.1) is 20.8 Å². The monoisotopic (exact) mass is 348 g/mol. The quantitative estimate of drug-likeness (QED) is 0.843. The third-order valence-electron chi connectivity index (χ3n) is 3.96. The fourth-order valence-electron chi connectivity index (χ4n) is 2.56. The van der Waals surface area contributed by atoms with Gasteiger partial charge in [-0.25, -0.2) is 4.79 Å². The smallest absolute Gasteiger partial charge is 0.345 e. The first kappa shape index (κ1) is 18.1. The molecule has 0 fully saturated rings. The van der Waals surface area contributed by atoms with E-state index in [9.17, 15) is 9.90 Å². The molecule has 0 spiro atoms. The summed E-state index contributed by atoms with van der Waals surface area (Å²) >= 11 is 6.02. The van der Waals surface area contributed by atoms with Crippen LogP contribution < -0.4 is 9.47 Å². The van der Waals surface area contributed by atoms with E-state index in [0.29, 0.717) is 22.1 Å². The number of aliphatic carboxylic acids is 1. The van der Waals surface area contributed by atoms with Crippen molar-refractivity contribution in [1.82, 2.24) is 0 Å². The van der Waals surface area contributed by atoms with E-state index in [1.165, 1.54) is 7.11 Å². The number of rotatable bonds is 6. The van der Waals surface area contributed by atoms with Crippen LogP contribution in [0.1, 0.15) is 22.3 Å². The van der Waals surface area contributed by atoms with Gasteiger partial charge in [-0.1, -0.05) is 17.7 Å². The third kappa shape index (κ3) is 4.20. The standard InChI is InChI=1S/C19H21ClO4/c1-11-7-12(2)13(3)17(8-11)24-18(19(21)22)10-14-9-15(20)5-6-16(14)23-4/h5-9,18H,10H2,1-4H3,(H,21,22). The second kappa shape index (κ2) is 7.58. The molecule has 24 heavy (non-hydrogen) atoms. The molecule has 0 aliphatic rings. The molecule has 0 saturated heterocycles. The average Bonchev–Trinajstić information content (AvgIpc) is 2.51. The van der Waals surface area contributed by atoms with Gasteiger partial charge < -0.3 is 14.6 Å². The predicted octanol–water partition coefficient (Wildman–Crippen LogP) is 4.35. The number of aryl methyl sites for hydroxylation is 2. The van der Waals surface area contributed by atoms with Crippen LogP contribution in [0.2, 0.25) is 5.02 Å². The number of carboxylic acid groups (broad SMARTS) is 1. The van der Waals surface area contributed by atoms with Gasteiger partial charge in [-0.05, 0) is 67.3 Å². The van der Waals surface area contributed by atoms with Crippen molar-refractivity contribution in [3.8, 4) is 11.5 Å². The van der Waals surface area contributed by atoms with Crippen LogP contribution in [0.3, 0.4) is 0 Å². The maximum absolute atomic E-state index is 11.7. The maximum atomic E-state index is 11.7. The van der Waals surface area contributed by atoms with Crippen LogP contribution in [0.4, 0.5) is 0 Å². The Bertz CT molecular complexity index is 755. The molecule has 1 N–H and O–H groups in total. The fourth-order valence-corrected chi connectivity index (χ4v) is 2.76.